The Morgan fingerprint density at radius 2 is 2.05 bits per heavy atom. The summed E-state index contributed by atoms with van der Waals surface area (Å²) < 4.78 is 39.9. The topological polar surface area (TPSA) is 29.3 Å². The van der Waals surface area contributed by atoms with Crippen molar-refractivity contribution in [1.82, 2.24) is 4.90 Å². The van der Waals surface area contributed by atoms with Crippen molar-refractivity contribution in [3.05, 3.63) is 33.8 Å². The van der Waals surface area contributed by atoms with E-state index in [-0.39, 0.29) is 11.5 Å². The number of halogens is 4. The van der Waals surface area contributed by atoms with E-state index >= 15 is 0 Å². The van der Waals surface area contributed by atoms with Crippen LogP contribution in [0.4, 0.5) is 13.2 Å². The van der Waals surface area contributed by atoms with E-state index in [1.807, 2.05) is 0 Å². The Morgan fingerprint density at radius 1 is 1.38 bits per heavy atom. The molecule has 0 amide bonds. The summed E-state index contributed by atoms with van der Waals surface area (Å²) in [6, 6.07) is 4.46. The first kappa shape index (κ1) is 16.8. The molecule has 0 radical (unpaired) electrons. The van der Waals surface area contributed by atoms with Crippen LogP contribution in [0.15, 0.2) is 22.7 Å². The Hall–Kier alpha value is -0.590. The number of hydrogen-bond acceptors (Lipinski definition) is 2. The van der Waals surface area contributed by atoms with E-state index in [0.717, 1.165) is 19.0 Å². The molecule has 2 N–H and O–H groups in total. The Balaban J connectivity index is 2.21. The zero-order chi connectivity index (χ0) is 15.8. The molecular formula is C15H20BrF3N2. The molecule has 2 rings (SSSR count). The molecule has 0 bridgehead atoms. The van der Waals surface area contributed by atoms with Gasteiger partial charge in [0.2, 0.25) is 0 Å². The maximum Gasteiger partial charge on any atom is 0.416 e. The van der Waals surface area contributed by atoms with Crippen molar-refractivity contribution < 1.29 is 13.2 Å². The zero-order valence-corrected chi connectivity index (χ0v) is 13.8. The van der Waals surface area contributed by atoms with Gasteiger partial charge in [-0.2, -0.15) is 13.2 Å². The summed E-state index contributed by atoms with van der Waals surface area (Å²) in [7, 11) is 0. The quantitative estimate of drug-likeness (QED) is 0.858. The molecule has 1 unspecified atom stereocenters. The minimum atomic E-state index is -4.33. The van der Waals surface area contributed by atoms with Gasteiger partial charge in [0.15, 0.2) is 0 Å². The molecule has 1 fully saturated rings. The van der Waals surface area contributed by atoms with Gasteiger partial charge >= 0.3 is 6.18 Å². The second kappa shape index (κ2) is 5.89. The summed E-state index contributed by atoms with van der Waals surface area (Å²) in [6.45, 7) is 5.88. The van der Waals surface area contributed by atoms with E-state index < -0.39 is 11.7 Å². The van der Waals surface area contributed by atoms with Gasteiger partial charge in [0.1, 0.15) is 0 Å². The lowest BCUT2D eigenvalue weighted by Gasteiger charge is -2.42. The number of piperidine rings is 1. The molecule has 1 heterocycles. The van der Waals surface area contributed by atoms with Crippen molar-refractivity contribution in [2.45, 2.75) is 39.0 Å². The van der Waals surface area contributed by atoms with E-state index in [2.05, 4.69) is 34.7 Å². The fraction of sp³-hybridized carbons (Fsp3) is 0.600. The minimum absolute atomic E-state index is 0.0774. The summed E-state index contributed by atoms with van der Waals surface area (Å²) in [4.78, 5) is 2.06. The first-order valence-corrected chi connectivity index (χ1v) is 7.72. The van der Waals surface area contributed by atoms with Gasteiger partial charge in [0, 0.05) is 30.1 Å². The number of nitrogens with zero attached hydrogens (tertiary/aromatic N) is 1. The summed E-state index contributed by atoms with van der Waals surface area (Å²) in [5.41, 5.74) is 5.75. The van der Waals surface area contributed by atoms with Crippen LogP contribution in [0.3, 0.4) is 0 Å². The van der Waals surface area contributed by atoms with Crippen LogP contribution in [0.25, 0.3) is 0 Å². The molecule has 0 spiro atoms. The van der Waals surface area contributed by atoms with Crippen molar-refractivity contribution in [3.8, 4) is 0 Å². The summed E-state index contributed by atoms with van der Waals surface area (Å²) in [5, 5.41) is 0. The molecule has 1 aromatic carbocycles. The van der Waals surface area contributed by atoms with Crippen LogP contribution in [0.2, 0.25) is 0 Å². The predicted octanol–water partition coefficient (Wildman–Crippen LogP) is 4.03. The van der Waals surface area contributed by atoms with Gasteiger partial charge in [0.25, 0.3) is 0 Å². The van der Waals surface area contributed by atoms with Gasteiger partial charge in [-0.25, -0.2) is 0 Å². The molecule has 1 atom stereocenters. The van der Waals surface area contributed by atoms with Crippen LogP contribution in [0.1, 0.15) is 31.4 Å². The summed E-state index contributed by atoms with van der Waals surface area (Å²) >= 11 is 3.11. The van der Waals surface area contributed by atoms with Gasteiger partial charge in [-0.15, -0.1) is 0 Å². The lowest BCUT2D eigenvalue weighted by Crippen LogP contribution is -2.52. The van der Waals surface area contributed by atoms with Crippen molar-refractivity contribution in [2.24, 2.45) is 11.1 Å². The first-order chi connectivity index (χ1) is 9.59. The van der Waals surface area contributed by atoms with Gasteiger partial charge in [-0.1, -0.05) is 35.8 Å². The molecule has 2 nitrogen and oxygen atoms in total. The molecule has 0 saturated carbocycles. The lowest BCUT2D eigenvalue weighted by molar-refractivity contribution is -0.138. The van der Waals surface area contributed by atoms with Crippen LogP contribution in [0, 0.1) is 5.41 Å². The van der Waals surface area contributed by atoms with Crippen LogP contribution < -0.4 is 5.73 Å². The fourth-order valence-corrected chi connectivity index (χ4v) is 3.17. The largest absolute Gasteiger partial charge is 0.416 e. The van der Waals surface area contributed by atoms with E-state index in [0.29, 0.717) is 23.1 Å². The molecule has 1 aliphatic heterocycles. The average Bonchev–Trinajstić information content (AvgIpc) is 2.34. The second-order valence-corrected chi connectivity index (χ2v) is 7.31. The maximum atomic E-state index is 13.1. The van der Waals surface area contributed by atoms with Crippen molar-refractivity contribution in [1.29, 1.82) is 0 Å². The molecule has 0 aromatic heterocycles. The predicted molar refractivity (Wildman–Crippen MR) is 80.8 cm³/mol. The zero-order valence-electron chi connectivity index (χ0n) is 12.2. The highest BCUT2D eigenvalue weighted by atomic mass is 79.9. The number of hydrogen-bond donors (Lipinski definition) is 1. The highest BCUT2D eigenvalue weighted by molar-refractivity contribution is 9.10. The van der Waals surface area contributed by atoms with Crippen molar-refractivity contribution >= 4 is 15.9 Å². The van der Waals surface area contributed by atoms with Crippen molar-refractivity contribution in [3.63, 3.8) is 0 Å². The molecule has 6 heteroatoms. The second-order valence-electron chi connectivity index (χ2n) is 6.39. The minimum Gasteiger partial charge on any atom is -0.327 e. The number of alkyl halides is 3. The van der Waals surface area contributed by atoms with Crippen molar-refractivity contribution in [2.75, 3.05) is 13.1 Å². The molecule has 118 valence electrons. The Bertz CT molecular complexity index is 514. The van der Waals surface area contributed by atoms with Crippen LogP contribution in [-0.4, -0.2) is 24.0 Å². The Labute approximate surface area is 131 Å². The third-order valence-corrected chi connectivity index (χ3v) is 4.66. The normalized spacial score (nSPS) is 23.3. The highest BCUT2D eigenvalue weighted by Gasteiger charge is 2.36. The molecule has 1 aliphatic rings. The standard InChI is InChI=1S/C15H20BrF3N2/c1-14(2)9-21(6-5-13(14)20)8-10-3-4-11(16)7-12(10)15(17,18)19/h3-4,7,13H,5-6,8-9,20H2,1-2H3. The molecule has 1 saturated heterocycles. The lowest BCUT2D eigenvalue weighted by atomic mass is 9.79. The average molecular weight is 365 g/mol. The van der Waals surface area contributed by atoms with E-state index in [4.69, 9.17) is 5.73 Å². The van der Waals surface area contributed by atoms with Gasteiger partial charge < -0.3 is 5.73 Å². The summed E-state index contributed by atoms with van der Waals surface area (Å²) in [6.07, 6.45) is -3.52. The third-order valence-electron chi connectivity index (χ3n) is 4.16. The third kappa shape index (κ3) is 3.99. The monoisotopic (exact) mass is 364 g/mol. The number of benzene rings is 1. The van der Waals surface area contributed by atoms with E-state index in [1.54, 1.807) is 12.1 Å². The molecular weight excluding hydrogens is 345 g/mol. The maximum absolute atomic E-state index is 13.1. The summed E-state index contributed by atoms with van der Waals surface area (Å²) in [5.74, 6) is 0. The van der Waals surface area contributed by atoms with Crippen LogP contribution >= 0.6 is 15.9 Å². The fourth-order valence-electron chi connectivity index (χ4n) is 2.81. The highest BCUT2D eigenvalue weighted by Crippen LogP contribution is 2.35. The van der Waals surface area contributed by atoms with Gasteiger partial charge in [-0.05, 0) is 29.5 Å². The number of nitrogens with two attached hydrogens (primary N) is 1. The van der Waals surface area contributed by atoms with Crippen LogP contribution in [0.5, 0.6) is 0 Å². The van der Waals surface area contributed by atoms with Crippen LogP contribution in [-0.2, 0) is 12.7 Å². The number of rotatable bonds is 2. The smallest absolute Gasteiger partial charge is 0.327 e. The van der Waals surface area contributed by atoms with Gasteiger partial charge in [0.05, 0.1) is 5.56 Å². The Kier molecular flexibility index (Phi) is 4.71. The Morgan fingerprint density at radius 3 is 2.62 bits per heavy atom. The van der Waals surface area contributed by atoms with E-state index in [1.165, 1.54) is 0 Å². The number of likely N-dealkylation sites (tertiary alicyclic amines) is 1. The molecule has 0 aliphatic carbocycles. The van der Waals surface area contributed by atoms with E-state index in [9.17, 15) is 13.2 Å². The SMILES string of the molecule is CC1(C)CN(Cc2ccc(Br)cc2C(F)(F)F)CCC1N. The molecule has 21 heavy (non-hydrogen) atoms. The van der Waals surface area contributed by atoms with Gasteiger partial charge in [-0.3, -0.25) is 4.90 Å². The first-order valence-electron chi connectivity index (χ1n) is 6.93. The molecule has 1 aromatic rings.